The maximum absolute atomic E-state index is 12.1. The third-order valence-corrected chi connectivity index (χ3v) is 4.68. The predicted octanol–water partition coefficient (Wildman–Crippen LogP) is 2.44. The molecule has 0 spiro atoms. The molecule has 1 fully saturated rings. The predicted molar refractivity (Wildman–Crippen MR) is 99.1 cm³/mol. The number of nitrogens with zero attached hydrogens (tertiary/aromatic N) is 2. The summed E-state index contributed by atoms with van der Waals surface area (Å²) in [6.45, 7) is 5.66. The van der Waals surface area contributed by atoms with Crippen LogP contribution >= 0.6 is 0 Å². The van der Waals surface area contributed by atoms with E-state index < -0.39 is 0 Å². The Hall–Kier alpha value is -2.40. The van der Waals surface area contributed by atoms with Gasteiger partial charge in [-0.2, -0.15) is 0 Å². The van der Waals surface area contributed by atoms with Gasteiger partial charge in [0, 0.05) is 44.6 Å². The molecule has 0 bridgehead atoms. The minimum absolute atomic E-state index is 0.0812. The summed E-state index contributed by atoms with van der Waals surface area (Å²) < 4.78 is 0. The van der Waals surface area contributed by atoms with E-state index in [4.69, 9.17) is 0 Å². The van der Waals surface area contributed by atoms with Crippen LogP contribution in [0, 0.1) is 5.92 Å². The van der Waals surface area contributed by atoms with Crippen molar-refractivity contribution in [3.05, 3.63) is 66.0 Å². The van der Waals surface area contributed by atoms with E-state index in [0.717, 1.165) is 31.6 Å². The molecule has 5 nitrogen and oxygen atoms in total. The van der Waals surface area contributed by atoms with Crippen molar-refractivity contribution in [3.63, 3.8) is 0 Å². The van der Waals surface area contributed by atoms with E-state index in [1.807, 2.05) is 24.4 Å². The van der Waals surface area contributed by atoms with Crippen molar-refractivity contribution in [2.45, 2.75) is 25.9 Å². The zero-order chi connectivity index (χ0) is 17.5. The maximum Gasteiger partial charge on any atom is 0.315 e. The summed E-state index contributed by atoms with van der Waals surface area (Å²) in [4.78, 5) is 18.6. The van der Waals surface area contributed by atoms with Crippen molar-refractivity contribution in [2.75, 3.05) is 19.6 Å². The Balaban J connectivity index is 1.40. The van der Waals surface area contributed by atoms with Gasteiger partial charge in [-0.15, -0.1) is 0 Å². The Bertz CT molecular complexity index is 662. The molecule has 132 valence electrons. The largest absolute Gasteiger partial charge is 0.338 e. The number of hydrogen-bond donors (Lipinski definition) is 2. The first-order chi connectivity index (χ1) is 12.2. The molecule has 2 heterocycles. The average Bonchev–Trinajstić information content (AvgIpc) is 2.96. The standard InChI is InChI=1S/C20H26N4O/c1-16-13-24(14-18-6-3-2-4-7-18)15-19(16)23-20(25)22-11-9-17-8-5-10-21-12-17/h2-8,10,12,16,19H,9,11,13-15H2,1H3,(H2,22,23,25)/t16-,19+/m0/s1. The second-order valence-corrected chi connectivity index (χ2v) is 6.77. The van der Waals surface area contributed by atoms with Gasteiger partial charge < -0.3 is 10.6 Å². The lowest BCUT2D eigenvalue weighted by molar-refractivity contribution is 0.234. The Labute approximate surface area is 149 Å². The molecule has 25 heavy (non-hydrogen) atoms. The number of pyridine rings is 1. The van der Waals surface area contributed by atoms with Gasteiger partial charge in [-0.05, 0) is 29.5 Å². The lowest BCUT2D eigenvalue weighted by atomic mass is 10.1. The molecule has 2 amide bonds. The fraction of sp³-hybridized carbons (Fsp3) is 0.400. The average molecular weight is 338 g/mol. The summed E-state index contributed by atoms with van der Waals surface area (Å²) in [6.07, 6.45) is 4.38. The molecule has 2 aromatic rings. The molecule has 3 rings (SSSR count). The second kappa shape index (κ2) is 8.62. The van der Waals surface area contributed by atoms with Crippen LogP contribution in [0.2, 0.25) is 0 Å². The van der Waals surface area contributed by atoms with E-state index in [9.17, 15) is 4.79 Å². The van der Waals surface area contributed by atoms with Crippen molar-refractivity contribution < 1.29 is 4.79 Å². The van der Waals surface area contributed by atoms with Crippen LogP contribution in [0.4, 0.5) is 4.79 Å². The number of rotatable bonds is 6. The lowest BCUT2D eigenvalue weighted by Gasteiger charge is -2.18. The van der Waals surface area contributed by atoms with Crippen molar-refractivity contribution in [3.8, 4) is 0 Å². The summed E-state index contributed by atoms with van der Waals surface area (Å²) in [7, 11) is 0. The van der Waals surface area contributed by atoms with E-state index in [1.165, 1.54) is 5.56 Å². The van der Waals surface area contributed by atoms with E-state index in [1.54, 1.807) is 6.20 Å². The van der Waals surface area contributed by atoms with Crippen molar-refractivity contribution in [1.29, 1.82) is 0 Å². The van der Waals surface area contributed by atoms with Crippen LogP contribution in [-0.4, -0.2) is 41.6 Å². The highest BCUT2D eigenvalue weighted by Gasteiger charge is 2.30. The quantitative estimate of drug-likeness (QED) is 0.851. The van der Waals surface area contributed by atoms with Crippen LogP contribution in [0.1, 0.15) is 18.1 Å². The molecule has 0 saturated carbocycles. The molecule has 0 unspecified atom stereocenters. The van der Waals surface area contributed by atoms with E-state index in [2.05, 4.69) is 51.7 Å². The number of amides is 2. The monoisotopic (exact) mass is 338 g/mol. The highest BCUT2D eigenvalue weighted by molar-refractivity contribution is 5.74. The summed E-state index contributed by atoms with van der Waals surface area (Å²) in [5.41, 5.74) is 2.45. The minimum Gasteiger partial charge on any atom is -0.338 e. The van der Waals surface area contributed by atoms with Gasteiger partial charge in [-0.25, -0.2) is 4.79 Å². The molecule has 0 radical (unpaired) electrons. The number of carbonyl (C=O) groups excluding carboxylic acids is 1. The first kappa shape index (κ1) is 17.4. The topological polar surface area (TPSA) is 57.3 Å². The van der Waals surface area contributed by atoms with Crippen molar-refractivity contribution >= 4 is 6.03 Å². The number of aromatic nitrogens is 1. The van der Waals surface area contributed by atoms with E-state index >= 15 is 0 Å². The number of hydrogen-bond acceptors (Lipinski definition) is 3. The van der Waals surface area contributed by atoms with Gasteiger partial charge in [0.1, 0.15) is 0 Å². The molecule has 1 aromatic carbocycles. The molecular weight excluding hydrogens is 312 g/mol. The molecule has 1 aromatic heterocycles. The lowest BCUT2D eigenvalue weighted by Crippen LogP contribution is -2.45. The van der Waals surface area contributed by atoms with Gasteiger partial charge in [-0.3, -0.25) is 9.88 Å². The zero-order valence-electron chi connectivity index (χ0n) is 14.7. The van der Waals surface area contributed by atoms with Crippen LogP contribution < -0.4 is 10.6 Å². The van der Waals surface area contributed by atoms with Gasteiger partial charge in [0.2, 0.25) is 0 Å². The van der Waals surface area contributed by atoms with E-state index in [-0.39, 0.29) is 12.1 Å². The van der Waals surface area contributed by atoms with Crippen LogP contribution in [0.25, 0.3) is 0 Å². The highest BCUT2D eigenvalue weighted by Crippen LogP contribution is 2.18. The summed E-state index contributed by atoms with van der Waals surface area (Å²) >= 11 is 0. The second-order valence-electron chi connectivity index (χ2n) is 6.77. The van der Waals surface area contributed by atoms with Gasteiger partial charge >= 0.3 is 6.03 Å². The Morgan fingerprint density at radius 2 is 1.96 bits per heavy atom. The number of carbonyl (C=O) groups is 1. The number of likely N-dealkylation sites (tertiary alicyclic amines) is 1. The van der Waals surface area contributed by atoms with Crippen LogP contribution in [0.3, 0.4) is 0 Å². The number of urea groups is 1. The fourth-order valence-electron chi connectivity index (χ4n) is 3.31. The van der Waals surface area contributed by atoms with Crippen LogP contribution in [-0.2, 0) is 13.0 Å². The Kier molecular flexibility index (Phi) is 6.01. The third kappa shape index (κ3) is 5.29. The molecule has 2 N–H and O–H groups in total. The summed E-state index contributed by atoms with van der Waals surface area (Å²) in [6, 6.07) is 14.5. The Morgan fingerprint density at radius 3 is 2.72 bits per heavy atom. The van der Waals surface area contributed by atoms with Gasteiger partial charge in [-0.1, -0.05) is 43.3 Å². The van der Waals surface area contributed by atoms with Gasteiger partial charge in [0.25, 0.3) is 0 Å². The molecule has 1 aliphatic rings. The zero-order valence-corrected chi connectivity index (χ0v) is 14.7. The van der Waals surface area contributed by atoms with E-state index in [0.29, 0.717) is 12.5 Å². The first-order valence-electron chi connectivity index (χ1n) is 8.90. The molecule has 1 aliphatic heterocycles. The summed E-state index contributed by atoms with van der Waals surface area (Å²) in [5.74, 6) is 0.452. The van der Waals surface area contributed by atoms with Crippen LogP contribution in [0.5, 0.6) is 0 Å². The number of benzene rings is 1. The van der Waals surface area contributed by atoms with Crippen LogP contribution in [0.15, 0.2) is 54.9 Å². The fourth-order valence-corrected chi connectivity index (χ4v) is 3.31. The van der Waals surface area contributed by atoms with Gasteiger partial charge in [0.05, 0.1) is 0 Å². The normalized spacial score (nSPS) is 20.4. The molecule has 2 atom stereocenters. The summed E-state index contributed by atoms with van der Waals surface area (Å²) in [5, 5.41) is 6.07. The minimum atomic E-state index is -0.0812. The molecular formula is C20H26N4O. The van der Waals surface area contributed by atoms with Gasteiger partial charge in [0.15, 0.2) is 0 Å². The smallest absolute Gasteiger partial charge is 0.315 e. The molecule has 1 saturated heterocycles. The maximum atomic E-state index is 12.1. The molecule has 5 heteroatoms. The SMILES string of the molecule is C[C@H]1CN(Cc2ccccc2)C[C@H]1NC(=O)NCCc1cccnc1. The van der Waals surface area contributed by atoms with Crippen molar-refractivity contribution in [1.82, 2.24) is 20.5 Å². The van der Waals surface area contributed by atoms with Crippen molar-refractivity contribution in [2.24, 2.45) is 5.92 Å². The Morgan fingerprint density at radius 1 is 1.16 bits per heavy atom. The number of nitrogens with one attached hydrogen (secondary N) is 2. The molecule has 0 aliphatic carbocycles. The highest BCUT2D eigenvalue weighted by atomic mass is 16.2. The first-order valence-corrected chi connectivity index (χ1v) is 8.90. The third-order valence-electron chi connectivity index (χ3n) is 4.68.